The molecule has 1 aromatic carbocycles. The molecule has 0 spiro atoms. The molecule has 0 aromatic heterocycles. The van der Waals surface area contributed by atoms with Gasteiger partial charge >= 0.3 is 12.1 Å². The van der Waals surface area contributed by atoms with Crippen molar-refractivity contribution in [2.45, 2.75) is 46.2 Å². The molecule has 1 aromatic rings. The standard InChI is InChI=1S/C15H21NO3/c1-11(13-9-7-6-8-10-13)16(15(3,4)5)14(18)19-12(2)17/h6-11H,1-5H3. The Morgan fingerprint density at radius 3 is 2.11 bits per heavy atom. The Morgan fingerprint density at radius 1 is 1.16 bits per heavy atom. The van der Waals surface area contributed by atoms with Gasteiger partial charge in [0.2, 0.25) is 0 Å². The molecule has 1 atom stereocenters. The smallest absolute Gasteiger partial charge is 0.376 e. The zero-order valence-corrected chi connectivity index (χ0v) is 12.1. The van der Waals surface area contributed by atoms with Gasteiger partial charge in [0.25, 0.3) is 0 Å². The highest BCUT2D eigenvalue weighted by atomic mass is 16.6. The molecule has 0 fully saturated rings. The SMILES string of the molecule is CC(=O)OC(=O)N(C(C)c1ccccc1)C(C)(C)C. The summed E-state index contributed by atoms with van der Waals surface area (Å²) in [5, 5.41) is 0. The second kappa shape index (κ2) is 5.87. The van der Waals surface area contributed by atoms with Gasteiger partial charge in [-0.3, -0.25) is 9.69 Å². The van der Waals surface area contributed by atoms with E-state index in [1.165, 1.54) is 6.92 Å². The molecular formula is C15H21NO3. The van der Waals surface area contributed by atoms with Gasteiger partial charge in [-0.1, -0.05) is 30.3 Å². The summed E-state index contributed by atoms with van der Waals surface area (Å²) in [4.78, 5) is 24.6. The van der Waals surface area contributed by atoms with Crippen LogP contribution >= 0.6 is 0 Å². The predicted octanol–water partition coefficient (Wildman–Crippen LogP) is 3.53. The zero-order valence-electron chi connectivity index (χ0n) is 12.1. The number of hydrogen-bond donors (Lipinski definition) is 0. The lowest BCUT2D eigenvalue weighted by Gasteiger charge is -2.39. The van der Waals surface area contributed by atoms with Crippen LogP contribution in [0.4, 0.5) is 4.79 Å². The Bertz CT molecular complexity index is 448. The van der Waals surface area contributed by atoms with Crippen LogP contribution < -0.4 is 0 Å². The van der Waals surface area contributed by atoms with E-state index in [-0.39, 0.29) is 6.04 Å². The maximum Gasteiger partial charge on any atom is 0.418 e. The minimum atomic E-state index is -0.614. The van der Waals surface area contributed by atoms with Crippen molar-refractivity contribution in [3.8, 4) is 0 Å². The van der Waals surface area contributed by atoms with Gasteiger partial charge in [-0.15, -0.1) is 0 Å². The van der Waals surface area contributed by atoms with E-state index < -0.39 is 17.6 Å². The van der Waals surface area contributed by atoms with Gasteiger partial charge in [-0.25, -0.2) is 4.79 Å². The first-order valence-corrected chi connectivity index (χ1v) is 6.30. The van der Waals surface area contributed by atoms with Crippen LogP contribution in [-0.4, -0.2) is 22.5 Å². The van der Waals surface area contributed by atoms with Gasteiger partial charge < -0.3 is 4.74 Å². The number of esters is 1. The summed E-state index contributed by atoms with van der Waals surface area (Å²) in [5.41, 5.74) is 0.555. The molecule has 1 rings (SSSR count). The van der Waals surface area contributed by atoms with E-state index in [0.29, 0.717) is 0 Å². The number of carbonyl (C=O) groups is 2. The highest BCUT2D eigenvalue weighted by Crippen LogP contribution is 2.28. The average molecular weight is 263 g/mol. The van der Waals surface area contributed by atoms with Crippen LogP contribution in [0.3, 0.4) is 0 Å². The largest absolute Gasteiger partial charge is 0.418 e. The lowest BCUT2D eigenvalue weighted by atomic mass is 10.00. The van der Waals surface area contributed by atoms with Crippen molar-refractivity contribution >= 4 is 12.1 Å². The molecule has 0 radical (unpaired) electrons. The van der Waals surface area contributed by atoms with Gasteiger partial charge in [0.1, 0.15) is 0 Å². The minimum absolute atomic E-state index is 0.173. The van der Waals surface area contributed by atoms with Crippen LogP contribution in [0.1, 0.15) is 46.2 Å². The van der Waals surface area contributed by atoms with Crippen LogP contribution in [0.15, 0.2) is 30.3 Å². The van der Waals surface area contributed by atoms with E-state index in [1.807, 2.05) is 58.0 Å². The van der Waals surface area contributed by atoms with Gasteiger partial charge in [0.15, 0.2) is 0 Å². The Morgan fingerprint density at radius 2 is 1.68 bits per heavy atom. The molecule has 0 bridgehead atoms. The Labute approximate surface area is 114 Å². The Balaban J connectivity index is 3.05. The summed E-state index contributed by atoms with van der Waals surface area (Å²) >= 11 is 0. The van der Waals surface area contributed by atoms with Gasteiger partial charge in [0.05, 0.1) is 6.04 Å². The Kier molecular flexibility index (Phi) is 4.70. The molecule has 0 saturated carbocycles. The van der Waals surface area contributed by atoms with Crippen LogP contribution in [0, 0.1) is 0 Å². The van der Waals surface area contributed by atoms with Crippen LogP contribution in [-0.2, 0) is 9.53 Å². The maximum atomic E-state index is 12.1. The van der Waals surface area contributed by atoms with E-state index in [2.05, 4.69) is 0 Å². The predicted molar refractivity (Wildman–Crippen MR) is 73.6 cm³/mol. The number of rotatable bonds is 2. The van der Waals surface area contributed by atoms with E-state index in [4.69, 9.17) is 4.74 Å². The van der Waals surface area contributed by atoms with E-state index in [1.54, 1.807) is 4.90 Å². The van der Waals surface area contributed by atoms with Gasteiger partial charge in [-0.2, -0.15) is 0 Å². The molecule has 104 valence electrons. The molecule has 19 heavy (non-hydrogen) atoms. The number of ether oxygens (including phenoxy) is 1. The second-order valence-corrected chi connectivity index (χ2v) is 5.49. The summed E-state index contributed by atoms with van der Waals surface area (Å²) in [6.07, 6.45) is -0.614. The van der Waals surface area contributed by atoms with Crippen molar-refractivity contribution in [2.24, 2.45) is 0 Å². The monoisotopic (exact) mass is 263 g/mol. The molecule has 0 aliphatic rings. The minimum Gasteiger partial charge on any atom is -0.376 e. The zero-order chi connectivity index (χ0) is 14.6. The first-order chi connectivity index (χ1) is 8.73. The molecule has 4 nitrogen and oxygen atoms in total. The fourth-order valence-corrected chi connectivity index (χ4v) is 2.07. The van der Waals surface area contributed by atoms with Crippen LogP contribution in [0.5, 0.6) is 0 Å². The number of amides is 1. The van der Waals surface area contributed by atoms with E-state index >= 15 is 0 Å². The van der Waals surface area contributed by atoms with Crippen LogP contribution in [0.2, 0.25) is 0 Å². The summed E-state index contributed by atoms with van der Waals surface area (Å²) < 4.78 is 4.73. The van der Waals surface area contributed by atoms with Gasteiger partial charge in [-0.05, 0) is 33.3 Å². The summed E-state index contributed by atoms with van der Waals surface area (Å²) in [6.45, 7) is 8.88. The van der Waals surface area contributed by atoms with Crippen molar-refractivity contribution in [1.29, 1.82) is 0 Å². The highest BCUT2D eigenvalue weighted by Gasteiger charge is 2.33. The maximum absolute atomic E-state index is 12.1. The summed E-state index contributed by atoms with van der Waals surface area (Å²) in [7, 11) is 0. The first kappa shape index (κ1) is 15.2. The third-order valence-corrected chi connectivity index (χ3v) is 2.82. The topological polar surface area (TPSA) is 46.6 Å². The molecule has 4 heteroatoms. The molecule has 1 amide bonds. The molecule has 0 saturated heterocycles. The molecule has 0 aliphatic heterocycles. The third kappa shape index (κ3) is 4.09. The van der Waals surface area contributed by atoms with Crippen molar-refractivity contribution < 1.29 is 14.3 Å². The lowest BCUT2D eigenvalue weighted by molar-refractivity contribution is -0.136. The molecule has 0 aliphatic carbocycles. The number of carbonyl (C=O) groups excluding carboxylic acids is 2. The van der Waals surface area contributed by atoms with Gasteiger partial charge in [0, 0.05) is 12.5 Å². The number of nitrogens with zero attached hydrogens (tertiary/aromatic N) is 1. The second-order valence-electron chi connectivity index (χ2n) is 5.49. The molecular weight excluding hydrogens is 242 g/mol. The third-order valence-electron chi connectivity index (χ3n) is 2.82. The number of hydrogen-bond acceptors (Lipinski definition) is 3. The molecule has 0 heterocycles. The van der Waals surface area contributed by atoms with Crippen LogP contribution in [0.25, 0.3) is 0 Å². The Hall–Kier alpha value is -1.84. The van der Waals surface area contributed by atoms with Crippen molar-refractivity contribution in [1.82, 2.24) is 4.90 Å². The van der Waals surface area contributed by atoms with Crippen molar-refractivity contribution in [3.05, 3.63) is 35.9 Å². The molecule has 1 unspecified atom stereocenters. The summed E-state index contributed by atoms with van der Waals surface area (Å²) in [6, 6.07) is 9.49. The van der Waals surface area contributed by atoms with Crippen molar-refractivity contribution in [3.63, 3.8) is 0 Å². The first-order valence-electron chi connectivity index (χ1n) is 6.30. The average Bonchev–Trinajstić information content (AvgIpc) is 2.27. The van der Waals surface area contributed by atoms with E-state index in [9.17, 15) is 9.59 Å². The number of benzene rings is 1. The quantitative estimate of drug-likeness (QED) is 0.605. The normalized spacial score (nSPS) is 12.7. The van der Waals surface area contributed by atoms with Crippen molar-refractivity contribution in [2.75, 3.05) is 0 Å². The molecule has 0 N–H and O–H groups in total. The fraction of sp³-hybridized carbons (Fsp3) is 0.467. The lowest BCUT2D eigenvalue weighted by Crippen LogP contribution is -2.47. The highest BCUT2D eigenvalue weighted by molar-refractivity contribution is 5.83. The van der Waals surface area contributed by atoms with E-state index in [0.717, 1.165) is 5.56 Å². The summed E-state index contributed by atoms with van der Waals surface area (Å²) in [5.74, 6) is -0.598. The fourth-order valence-electron chi connectivity index (χ4n) is 2.07.